The summed E-state index contributed by atoms with van der Waals surface area (Å²) >= 11 is 1.74. The molecule has 0 aliphatic carbocycles. The molecule has 0 amide bonds. The van der Waals surface area contributed by atoms with E-state index in [1.807, 2.05) is 4.68 Å². The Kier molecular flexibility index (Phi) is 4.79. The van der Waals surface area contributed by atoms with Gasteiger partial charge in [0.05, 0.1) is 11.6 Å². The van der Waals surface area contributed by atoms with Gasteiger partial charge in [0, 0.05) is 18.0 Å². The topological polar surface area (TPSA) is 67.1 Å². The first kappa shape index (κ1) is 16.5. The monoisotopic (exact) mass is 335 g/mol. The summed E-state index contributed by atoms with van der Waals surface area (Å²) in [7, 11) is 0. The first-order chi connectivity index (χ1) is 11.0. The van der Waals surface area contributed by atoms with Crippen LogP contribution in [0, 0.1) is 0 Å². The van der Waals surface area contributed by atoms with Crippen molar-refractivity contribution in [3.63, 3.8) is 0 Å². The van der Waals surface area contributed by atoms with Crippen LogP contribution < -0.4 is 0 Å². The van der Waals surface area contributed by atoms with Crippen molar-refractivity contribution in [3.8, 4) is 0 Å². The van der Waals surface area contributed by atoms with Crippen molar-refractivity contribution in [2.24, 2.45) is 0 Å². The molecule has 126 valence electrons. The molecule has 2 aromatic rings. The average Bonchev–Trinajstić information content (AvgIpc) is 3.22. The van der Waals surface area contributed by atoms with Crippen molar-refractivity contribution in [2.45, 2.75) is 57.7 Å². The van der Waals surface area contributed by atoms with Crippen LogP contribution >= 0.6 is 11.3 Å². The van der Waals surface area contributed by atoms with Crippen LogP contribution in [0.2, 0.25) is 0 Å². The molecule has 3 rings (SSSR count). The van der Waals surface area contributed by atoms with E-state index in [1.165, 1.54) is 4.88 Å². The first-order valence-corrected chi connectivity index (χ1v) is 9.15. The van der Waals surface area contributed by atoms with E-state index in [0.717, 1.165) is 38.2 Å². The number of rotatable bonds is 5. The molecule has 1 aliphatic rings. The third kappa shape index (κ3) is 3.32. The molecule has 2 aromatic heterocycles. The summed E-state index contributed by atoms with van der Waals surface area (Å²) in [5, 5.41) is 24.6. The normalized spacial score (nSPS) is 19.1. The summed E-state index contributed by atoms with van der Waals surface area (Å²) in [4.78, 5) is 3.65. The van der Waals surface area contributed by atoms with Gasteiger partial charge in [-0.2, -0.15) is 0 Å². The SMILES string of the molecule is CCC(C)(C)n1nnnc1[C@H](c1cccs1)N1CCC(O)CC1. The number of tetrazole rings is 1. The van der Waals surface area contributed by atoms with Gasteiger partial charge in [-0.1, -0.05) is 13.0 Å². The highest BCUT2D eigenvalue weighted by molar-refractivity contribution is 7.10. The van der Waals surface area contributed by atoms with Gasteiger partial charge in [-0.15, -0.1) is 16.4 Å². The Hall–Kier alpha value is -1.31. The summed E-state index contributed by atoms with van der Waals surface area (Å²) in [6.45, 7) is 8.21. The summed E-state index contributed by atoms with van der Waals surface area (Å²) in [6, 6.07) is 4.28. The zero-order valence-electron chi connectivity index (χ0n) is 14.0. The molecule has 1 atom stereocenters. The fraction of sp³-hybridized carbons (Fsp3) is 0.688. The second kappa shape index (κ2) is 6.67. The van der Waals surface area contributed by atoms with E-state index < -0.39 is 0 Å². The standard InChI is InChI=1S/C16H25N5OS/c1-4-16(2,3)21-15(17-18-19-21)14(13-6-5-11-23-13)20-9-7-12(22)8-10-20/h5-6,11-12,14,22H,4,7-10H2,1-3H3/t14-/m0/s1. The molecule has 0 unspecified atom stereocenters. The fourth-order valence-electron chi connectivity index (χ4n) is 3.01. The number of likely N-dealkylation sites (tertiary alicyclic amines) is 1. The first-order valence-electron chi connectivity index (χ1n) is 8.27. The van der Waals surface area contributed by atoms with Gasteiger partial charge < -0.3 is 5.11 Å². The Labute approximate surface area is 141 Å². The molecule has 6 nitrogen and oxygen atoms in total. The second-order valence-corrected chi connectivity index (χ2v) is 7.78. The average molecular weight is 335 g/mol. The van der Waals surface area contributed by atoms with E-state index in [1.54, 1.807) is 11.3 Å². The zero-order chi connectivity index (χ0) is 16.4. The largest absolute Gasteiger partial charge is 0.393 e. The summed E-state index contributed by atoms with van der Waals surface area (Å²) in [5.41, 5.74) is -0.121. The Morgan fingerprint density at radius 1 is 1.39 bits per heavy atom. The van der Waals surface area contributed by atoms with Crippen molar-refractivity contribution in [1.29, 1.82) is 0 Å². The molecule has 1 fully saturated rings. The number of hydrogen-bond donors (Lipinski definition) is 1. The van der Waals surface area contributed by atoms with Crippen LogP contribution in [-0.2, 0) is 5.54 Å². The highest BCUT2D eigenvalue weighted by Crippen LogP contribution is 2.34. The van der Waals surface area contributed by atoms with Crippen LogP contribution in [0.1, 0.15) is 56.8 Å². The maximum Gasteiger partial charge on any atom is 0.174 e. The van der Waals surface area contributed by atoms with Gasteiger partial charge in [0.15, 0.2) is 5.82 Å². The molecule has 1 N–H and O–H groups in total. The molecule has 1 aliphatic heterocycles. The van der Waals surface area contributed by atoms with Gasteiger partial charge in [-0.05, 0) is 55.0 Å². The number of piperidine rings is 1. The Bertz CT molecular complexity index is 616. The van der Waals surface area contributed by atoms with Crippen molar-refractivity contribution in [2.75, 3.05) is 13.1 Å². The molecule has 0 saturated carbocycles. The van der Waals surface area contributed by atoms with Gasteiger partial charge in [-0.25, -0.2) is 4.68 Å². The quantitative estimate of drug-likeness (QED) is 0.909. The summed E-state index contributed by atoms with van der Waals surface area (Å²) in [6.07, 6.45) is 2.39. The molecular weight excluding hydrogens is 310 g/mol. The number of nitrogens with zero attached hydrogens (tertiary/aromatic N) is 5. The van der Waals surface area contributed by atoms with Crippen LogP contribution in [0.25, 0.3) is 0 Å². The number of hydrogen-bond acceptors (Lipinski definition) is 6. The second-order valence-electron chi connectivity index (χ2n) is 6.80. The summed E-state index contributed by atoms with van der Waals surface area (Å²) < 4.78 is 1.97. The predicted octanol–water partition coefficient (Wildman–Crippen LogP) is 2.43. The van der Waals surface area contributed by atoms with Gasteiger partial charge >= 0.3 is 0 Å². The minimum absolute atomic E-state index is 0.0586. The van der Waals surface area contributed by atoms with Gasteiger partial charge in [-0.3, -0.25) is 4.90 Å². The van der Waals surface area contributed by atoms with Crippen LogP contribution in [0.4, 0.5) is 0 Å². The lowest BCUT2D eigenvalue weighted by Gasteiger charge is -2.36. The highest BCUT2D eigenvalue weighted by atomic mass is 32.1. The molecule has 7 heteroatoms. The number of aliphatic hydroxyl groups is 1. The van der Waals surface area contributed by atoms with E-state index in [4.69, 9.17) is 0 Å². The molecule has 3 heterocycles. The van der Waals surface area contributed by atoms with Crippen molar-refractivity contribution >= 4 is 11.3 Å². The Balaban J connectivity index is 1.99. The van der Waals surface area contributed by atoms with Crippen molar-refractivity contribution < 1.29 is 5.11 Å². The number of aromatic nitrogens is 4. The molecule has 1 saturated heterocycles. The van der Waals surface area contributed by atoms with Crippen LogP contribution in [0.3, 0.4) is 0 Å². The Morgan fingerprint density at radius 2 is 2.13 bits per heavy atom. The van der Waals surface area contributed by atoms with Crippen LogP contribution in [0.5, 0.6) is 0 Å². The smallest absolute Gasteiger partial charge is 0.174 e. The molecule has 23 heavy (non-hydrogen) atoms. The lowest BCUT2D eigenvalue weighted by molar-refractivity contribution is 0.0654. The van der Waals surface area contributed by atoms with Crippen molar-refractivity contribution in [1.82, 2.24) is 25.1 Å². The minimum atomic E-state index is -0.182. The van der Waals surface area contributed by atoms with Gasteiger partial charge in [0.25, 0.3) is 0 Å². The maximum absolute atomic E-state index is 9.82. The number of thiophene rings is 1. The number of aliphatic hydroxyl groups excluding tert-OH is 1. The third-order valence-corrected chi connectivity index (χ3v) is 5.78. The molecular formula is C16H25N5OS. The van der Waals surface area contributed by atoms with E-state index in [2.05, 4.69) is 58.7 Å². The molecule has 0 aromatic carbocycles. The predicted molar refractivity (Wildman–Crippen MR) is 90.4 cm³/mol. The minimum Gasteiger partial charge on any atom is -0.393 e. The lowest BCUT2D eigenvalue weighted by Crippen LogP contribution is -2.41. The van der Waals surface area contributed by atoms with Gasteiger partial charge in [0.1, 0.15) is 6.04 Å². The maximum atomic E-state index is 9.82. The van der Waals surface area contributed by atoms with Crippen molar-refractivity contribution in [3.05, 3.63) is 28.2 Å². The lowest BCUT2D eigenvalue weighted by atomic mass is 10.0. The van der Waals surface area contributed by atoms with Crippen LogP contribution in [-0.4, -0.2) is 49.4 Å². The van der Waals surface area contributed by atoms with Gasteiger partial charge in [0.2, 0.25) is 0 Å². The molecule has 0 bridgehead atoms. The molecule has 0 radical (unpaired) electrons. The zero-order valence-corrected chi connectivity index (χ0v) is 14.8. The Morgan fingerprint density at radius 3 is 2.74 bits per heavy atom. The van der Waals surface area contributed by atoms with E-state index >= 15 is 0 Å². The van der Waals surface area contributed by atoms with Crippen LogP contribution in [0.15, 0.2) is 17.5 Å². The molecule has 0 spiro atoms. The van der Waals surface area contributed by atoms with E-state index in [9.17, 15) is 5.11 Å². The third-order valence-electron chi connectivity index (χ3n) is 4.85. The highest BCUT2D eigenvalue weighted by Gasteiger charge is 2.34. The fourth-order valence-corrected chi connectivity index (χ4v) is 3.86. The van der Waals surface area contributed by atoms with E-state index in [-0.39, 0.29) is 17.7 Å². The van der Waals surface area contributed by atoms with E-state index in [0.29, 0.717) is 0 Å². The summed E-state index contributed by atoms with van der Waals surface area (Å²) in [5.74, 6) is 0.899.